The number of hydrogen-bond acceptors (Lipinski definition) is 2. The van der Waals surface area contributed by atoms with E-state index in [1.54, 1.807) is 4.98 Å². The van der Waals surface area contributed by atoms with E-state index in [-0.39, 0.29) is 22.3 Å². The minimum Gasteiger partial charge on any atom is -0.325 e. The van der Waals surface area contributed by atoms with Crippen molar-refractivity contribution in [2.75, 3.05) is 11.2 Å². The lowest BCUT2D eigenvalue weighted by Crippen LogP contribution is -2.17. The van der Waals surface area contributed by atoms with Crippen molar-refractivity contribution in [2.24, 2.45) is 0 Å². The number of benzene rings is 1. The first-order valence-electron chi connectivity index (χ1n) is 5.41. The van der Waals surface area contributed by atoms with Crippen molar-refractivity contribution < 1.29 is 18.0 Å². The maximum absolute atomic E-state index is 12.6. The molecule has 2 N–H and O–H groups in total. The molecule has 0 aliphatic rings. The van der Waals surface area contributed by atoms with E-state index in [9.17, 15) is 22.8 Å². The van der Waals surface area contributed by atoms with Crippen molar-refractivity contribution in [2.45, 2.75) is 6.18 Å². The summed E-state index contributed by atoms with van der Waals surface area (Å²) < 4.78 is 37.7. The fourth-order valence-corrected chi connectivity index (χ4v) is 1.75. The summed E-state index contributed by atoms with van der Waals surface area (Å²) in [5, 5.41) is 2.59. The molecular weight excluding hydrogens is 297 g/mol. The minimum absolute atomic E-state index is 0.0466. The number of aromatic nitrogens is 1. The first-order chi connectivity index (χ1) is 9.31. The Morgan fingerprint density at radius 2 is 2.00 bits per heavy atom. The molecule has 0 fully saturated rings. The molecular formula is C12H8ClF3N2O2. The van der Waals surface area contributed by atoms with E-state index in [4.69, 9.17) is 11.6 Å². The third kappa shape index (κ3) is 2.93. The van der Waals surface area contributed by atoms with E-state index >= 15 is 0 Å². The SMILES string of the molecule is O=C(CCl)Nc1ccc2cc(C(F)(F)F)[nH]c(=O)c2c1. The number of alkyl halides is 4. The molecule has 1 aromatic carbocycles. The highest BCUT2D eigenvalue weighted by atomic mass is 35.5. The monoisotopic (exact) mass is 304 g/mol. The lowest BCUT2D eigenvalue weighted by molar-refractivity contribution is -0.141. The summed E-state index contributed by atoms with van der Waals surface area (Å²) in [6.07, 6.45) is -4.63. The third-order valence-corrected chi connectivity index (χ3v) is 2.80. The molecule has 8 heteroatoms. The van der Waals surface area contributed by atoms with Gasteiger partial charge in [-0.15, -0.1) is 11.6 Å². The van der Waals surface area contributed by atoms with Crippen molar-refractivity contribution >= 4 is 34.0 Å². The molecule has 0 aliphatic carbocycles. The number of amides is 1. The summed E-state index contributed by atoms with van der Waals surface area (Å²) >= 11 is 5.32. The van der Waals surface area contributed by atoms with Gasteiger partial charge in [-0.05, 0) is 23.6 Å². The Labute approximate surface area is 115 Å². The Balaban J connectivity index is 2.52. The summed E-state index contributed by atoms with van der Waals surface area (Å²) in [5.74, 6) is -0.740. The van der Waals surface area contributed by atoms with Crippen LogP contribution in [-0.4, -0.2) is 16.8 Å². The minimum atomic E-state index is -4.63. The molecule has 20 heavy (non-hydrogen) atoms. The largest absolute Gasteiger partial charge is 0.431 e. The number of rotatable bonds is 2. The van der Waals surface area contributed by atoms with Gasteiger partial charge in [-0.3, -0.25) is 9.59 Å². The quantitative estimate of drug-likeness (QED) is 0.838. The zero-order valence-electron chi connectivity index (χ0n) is 9.84. The smallest absolute Gasteiger partial charge is 0.325 e. The topological polar surface area (TPSA) is 62.0 Å². The molecule has 0 spiro atoms. The second kappa shape index (κ2) is 5.16. The van der Waals surface area contributed by atoms with E-state index in [1.165, 1.54) is 18.2 Å². The van der Waals surface area contributed by atoms with Gasteiger partial charge in [0.05, 0.1) is 0 Å². The van der Waals surface area contributed by atoms with E-state index < -0.39 is 23.3 Å². The molecule has 106 valence electrons. The third-order valence-electron chi connectivity index (χ3n) is 2.56. The molecule has 0 unspecified atom stereocenters. The van der Waals surface area contributed by atoms with Crippen molar-refractivity contribution in [3.8, 4) is 0 Å². The summed E-state index contributed by atoms with van der Waals surface area (Å²) in [4.78, 5) is 24.5. The Morgan fingerprint density at radius 3 is 2.60 bits per heavy atom. The summed E-state index contributed by atoms with van der Waals surface area (Å²) in [6, 6.07) is 4.85. The number of aromatic amines is 1. The first kappa shape index (κ1) is 14.4. The summed E-state index contributed by atoms with van der Waals surface area (Å²) in [6.45, 7) is 0. The van der Waals surface area contributed by atoms with Crippen molar-refractivity contribution in [1.29, 1.82) is 0 Å². The van der Waals surface area contributed by atoms with Crippen molar-refractivity contribution in [3.05, 3.63) is 40.3 Å². The predicted octanol–water partition coefficient (Wildman–Crippen LogP) is 2.72. The molecule has 2 aromatic rings. The number of carbonyl (C=O) groups excluding carboxylic acids is 1. The standard InChI is InChI=1S/C12H8ClF3N2O2/c13-5-10(19)17-7-2-1-6-3-9(12(14,15)16)18-11(20)8(6)4-7/h1-4H,5H2,(H,17,19)(H,18,20). The molecule has 0 radical (unpaired) electrons. The summed E-state index contributed by atoms with van der Waals surface area (Å²) in [7, 11) is 0. The molecule has 1 aromatic heterocycles. The van der Waals surface area contributed by atoms with Gasteiger partial charge in [0, 0.05) is 11.1 Å². The van der Waals surface area contributed by atoms with Gasteiger partial charge < -0.3 is 10.3 Å². The average molecular weight is 305 g/mol. The molecule has 0 atom stereocenters. The summed E-state index contributed by atoms with van der Waals surface area (Å²) in [5.41, 5.74) is -1.71. The van der Waals surface area contributed by atoms with Crippen LogP contribution in [0.15, 0.2) is 29.1 Å². The Hall–Kier alpha value is -2.02. The van der Waals surface area contributed by atoms with Gasteiger partial charge in [0.15, 0.2) is 0 Å². The van der Waals surface area contributed by atoms with Crippen LogP contribution in [0.4, 0.5) is 18.9 Å². The second-order valence-electron chi connectivity index (χ2n) is 3.99. The average Bonchev–Trinajstić information content (AvgIpc) is 2.38. The zero-order valence-corrected chi connectivity index (χ0v) is 10.6. The molecule has 1 amide bonds. The van der Waals surface area contributed by atoms with E-state index in [2.05, 4.69) is 5.32 Å². The highest BCUT2D eigenvalue weighted by Gasteiger charge is 2.32. The van der Waals surface area contributed by atoms with Gasteiger partial charge in [0.2, 0.25) is 5.91 Å². The van der Waals surface area contributed by atoms with E-state index in [0.29, 0.717) is 0 Å². The number of fused-ring (bicyclic) bond motifs is 1. The van der Waals surface area contributed by atoms with Crippen LogP contribution >= 0.6 is 11.6 Å². The maximum atomic E-state index is 12.6. The van der Waals surface area contributed by atoms with Crippen LogP contribution in [0.1, 0.15) is 5.69 Å². The van der Waals surface area contributed by atoms with Crippen LogP contribution in [0.2, 0.25) is 0 Å². The lowest BCUT2D eigenvalue weighted by atomic mass is 10.1. The second-order valence-corrected chi connectivity index (χ2v) is 4.26. The highest BCUT2D eigenvalue weighted by Crippen LogP contribution is 2.28. The molecule has 1 heterocycles. The van der Waals surface area contributed by atoms with Gasteiger partial charge in [0.1, 0.15) is 11.6 Å². The van der Waals surface area contributed by atoms with Gasteiger partial charge in [-0.25, -0.2) is 0 Å². The van der Waals surface area contributed by atoms with E-state index in [1.807, 2.05) is 0 Å². The number of nitrogens with one attached hydrogen (secondary N) is 2. The predicted molar refractivity (Wildman–Crippen MR) is 68.9 cm³/mol. The Morgan fingerprint density at radius 1 is 1.30 bits per heavy atom. The highest BCUT2D eigenvalue weighted by molar-refractivity contribution is 6.29. The Kier molecular flexibility index (Phi) is 3.71. The number of halogens is 4. The van der Waals surface area contributed by atoms with Crippen LogP contribution in [0, 0.1) is 0 Å². The maximum Gasteiger partial charge on any atom is 0.431 e. The Bertz CT molecular complexity index is 725. The molecule has 0 bridgehead atoms. The number of anilines is 1. The van der Waals surface area contributed by atoms with Crippen LogP contribution < -0.4 is 10.9 Å². The molecule has 2 rings (SSSR count). The first-order valence-corrected chi connectivity index (χ1v) is 5.95. The molecule has 0 aliphatic heterocycles. The zero-order chi connectivity index (χ0) is 14.9. The van der Waals surface area contributed by atoms with Crippen molar-refractivity contribution in [1.82, 2.24) is 4.98 Å². The van der Waals surface area contributed by atoms with Gasteiger partial charge in [-0.1, -0.05) is 6.07 Å². The van der Waals surface area contributed by atoms with Crippen LogP contribution in [0.3, 0.4) is 0 Å². The number of carbonyl (C=O) groups is 1. The van der Waals surface area contributed by atoms with Crippen LogP contribution in [-0.2, 0) is 11.0 Å². The number of hydrogen-bond donors (Lipinski definition) is 2. The molecule has 0 saturated carbocycles. The number of H-pyrrole nitrogens is 1. The van der Waals surface area contributed by atoms with Crippen LogP contribution in [0.5, 0.6) is 0 Å². The lowest BCUT2D eigenvalue weighted by Gasteiger charge is -2.08. The fourth-order valence-electron chi connectivity index (χ4n) is 1.68. The van der Waals surface area contributed by atoms with Crippen molar-refractivity contribution in [3.63, 3.8) is 0 Å². The fraction of sp³-hybridized carbons (Fsp3) is 0.167. The van der Waals surface area contributed by atoms with E-state index in [0.717, 1.165) is 6.07 Å². The molecule has 0 saturated heterocycles. The van der Waals surface area contributed by atoms with Gasteiger partial charge >= 0.3 is 6.18 Å². The normalized spacial score (nSPS) is 11.6. The van der Waals surface area contributed by atoms with Crippen LogP contribution in [0.25, 0.3) is 10.8 Å². The number of pyridine rings is 1. The van der Waals surface area contributed by atoms with Gasteiger partial charge in [0.25, 0.3) is 5.56 Å². The molecule has 4 nitrogen and oxygen atoms in total. The van der Waals surface area contributed by atoms with Gasteiger partial charge in [-0.2, -0.15) is 13.2 Å².